The summed E-state index contributed by atoms with van der Waals surface area (Å²) < 4.78 is 5.19. The van der Waals surface area contributed by atoms with E-state index in [-0.39, 0.29) is 12.1 Å². The molecule has 2 amide bonds. The normalized spacial score (nSPS) is 28.1. The summed E-state index contributed by atoms with van der Waals surface area (Å²) >= 11 is 0. The van der Waals surface area contributed by atoms with Crippen LogP contribution in [0.3, 0.4) is 0 Å². The van der Waals surface area contributed by atoms with Crippen molar-refractivity contribution in [3.05, 3.63) is 0 Å². The molecule has 2 rings (SSSR count). The van der Waals surface area contributed by atoms with Crippen molar-refractivity contribution in [3.63, 3.8) is 0 Å². The smallest absolute Gasteiger partial charge is 0.320 e. The van der Waals surface area contributed by atoms with Gasteiger partial charge in [0.15, 0.2) is 0 Å². The maximum absolute atomic E-state index is 12.0. The fourth-order valence-corrected chi connectivity index (χ4v) is 2.23. The third kappa shape index (κ3) is 2.08. The number of hydrogen-bond donors (Lipinski definition) is 1. The van der Waals surface area contributed by atoms with Crippen molar-refractivity contribution in [2.75, 3.05) is 39.8 Å². The fourth-order valence-electron chi connectivity index (χ4n) is 2.23. The van der Waals surface area contributed by atoms with E-state index in [9.17, 15) is 4.79 Å². The minimum atomic E-state index is 0.114. The number of nitrogens with one attached hydrogen (secondary N) is 1. The molecule has 0 aromatic carbocycles. The fraction of sp³-hybridized carbons (Fsp3) is 0.900. The molecule has 0 aromatic rings. The van der Waals surface area contributed by atoms with E-state index in [1.165, 1.54) is 0 Å². The van der Waals surface area contributed by atoms with Crippen molar-refractivity contribution in [1.82, 2.24) is 15.1 Å². The molecule has 2 aliphatic rings. The van der Waals surface area contributed by atoms with Crippen molar-refractivity contribution in [2.24, 2.45) is 0 Å². The molecule has 2 fully saturated rings. The Morgan fingerprint density at radius 2 is 2.47 bits per heavy atom. The molecule has 5 nitrogen and oxygen atoms in total. The molecule has 0 aromatic heterocycles. The summed E-state index contributed by atoms with van der Waals surface area (Å²) in [5.41, 5.74) is 0. The number of fused-ring (bicyclic) bond motifs is 1. The van der Waals surface area contributed by atoms with Gasteiger partial charge < -0.3 is 19.9 Å². The molecule has 2 aliphatic heterocycles. The second-order valence-electron chi connectivity index (χ2n) is 4.29. The molecule has 2 heterocycles. The van der Waals surface area contributed by atoms with Crippen LogP contribution in [0.2, 0.25) is 0 Å². The number of nitrogens with zero attached hydrogens (tertiary/aromatic N) is 2. The maximum Gasteiger partial charge on any atom is 0.320 e. The van der Waals surface area contributed by atoms with Gasteiger partial charge in [-0.2, -0.15) is 0 Å². The van der Waals surface area contributed by atoms with Crippen LogP contribution in [0.4, 0.5) is 4.79 Å². The maximum atomic E-state index is 12.0. The second-order valence-corrected chi connectivity index (χ2v) is 4.29. The molecule has 2 saturated heterocycles. The van der Waals surface area contributed by atoms with Crippen molar-refractivity contribution in [1.29, 1.82) is 0 Å². The molecular formula is C10H19N3O2. The number of hydrogen-bond acceptors (Lipinski definition) is 3. The second kappa shape index (κ2) is 4.37. The number of rotatable bonds is 3. The van der Waals surface area contributed by atoms with Gasteiger partial charge in [0.05, 0.1) is 12.1 Å². The van der Waals surface area contributed by atoms with E-state index in [1.807, 2.05) is 16.7 Å². The highest BCUT2D eigenvalue weighted by atomic mass is 16.5. The van der Waals surface area contributed by atoms with Gasteiger partial charge in [-0.1, -0.05) is 0 Å². The molecule has 0 saturated carbocycles. The number of carbonyl (C=O) groups excluding carboxylic acids is 1. The highest BCUT2D eigenvalue weighted by molar-refractivity contribution is 5.77. The number of ether oxygens (including phenoxy) is 1. The summed E-state index contributed by atoms with van der Waals surface area (Å²) in [5, 5.41) is 3.31. The van der Waals surface area contributed by atoms with Gasteiger partial charge in [-0.3, -0.25) is 0 Å². The molecule has 0 aliphatic carbocycles. The van der Waals surface area contributed by atoms with Gasteiger partial charge in [-0.15, -0.1) is 0 Å². The number of urea groups is 1. The van der Waals surface area contributed by atoms with E-state index in [2.05, 4.69) is 5.32 Å². The van der Waals surface area contributed by atoms with Crippen LogP contribution in [-0.2, 0) is 4.74 Å². The Morgan fingerprint density at radius 1 is 1.67 bits per heavy atom. The zero-order valence-corrected chi connectivity index (χ0v) is 9.40. The average molecular weight is 213 g/mol. The quantitative estimate of drug-likeness (QED) is 0.702. The van der Waals surface area contributed by atoms with Crippen LogP contribution in [-0.4, -0.2) is 67.8 Å². The molecule has 0 radical (unpaired) electrons. The molecule has 1 N–H and O–H groups in total. The Morgan fingerprint density at radius 3 is 3.13 bits per heavy atom. The van der Waals surface area contributed by atoms with E-state index in [0.29, 0.717) is 12.6 Å². The molecule has 0 bridgehead atoms. The topological polar surface area (TPSA) is 44.8 Å². The van der Waals surface area contributed by atoms with Crippen LogP contribution >= 0.6 is 0 Å². The van der Waals surface area contributed by atoms with Gasteiger partial charge in [-0.05, 0) is 6.92 Å². The van der Waals surface area contributed by atoms with Crippen LogP contribution in [0, 0.1) is 0 Å². The largest absolute Gasteiger partial charge is 0.380 e. The zero-order valence-electron chi connectivity index (χ0n) is 9.40. The summed E-state index contributed by atoms with van der Waals surface area (Å²) in [7, 11) is 1.68. The third-order valence-corrected chi connectivity index (χ3v) is 3.18. The molecule has 5 heteroatoms. The lowest BCUT2D eigenvalue weighted by atomic mass is 10.2. The predicted molar refractivity (Wildman–Crippen MR) is 56.8 cm³/mol. The van der Waals surface area contributed by atoms with Gasteiger partial charge in [-0.25, -0.2) is 4.79 Å². The van der Waals surface area contributed by atoms with E-state index in [0.717, 1.165) is 26.2 Å². The molecular weight excluding hydrogens is 194 g/mol. The predicted octanol–water partition coefficient (Wildman–Crippen LogP) is -0.269. The SMILES string of the molecule is COC(C)CN1CC2CNCCN2C1=O. The van der Waals surface area contributed by atoms with Crippen LogP contribution in [0.25, 0.3) is 0 Å². The standard InChI is InChI=1S/C10H19N3O2/c1-8(15-2)6-12-7-9-5-11-3-4-13(9)10(12)14/h8-9,11H,3-7H2,1-2H3. The van der Waals surface area contributed by atoms with Crippen LogP contribution in [0.5, 0.6) is 0 Å². The zero-order chi connectivity index (χ0) is 10.8. The summed E-state index contributed by atoms with van der Waals surface area (Å²) in [6.45, 7) is 6.19. The average Bonchev–Trinajstić information content (AvgIpc) is 2.57. The summed E-state index contributed by atoms with van der Waals surface area (Å²) in [5.74, 6) is 0. The van der Waals surface area contributed by atoms with Gasteiger partial charge in [0.2, 0.25) is 0 Å². The lowest BCUT2D eigenvalue weighted by Crippen LogP contribution is -2.49. The molecule has 2 unspecified atom stereocenters. The van der Waals surface area contributed by atoms with E-state index >= 15 is 0 Å². The molecule has 15 heavy (non-hydrogen) atoms. The Labute approximate surface area is 90.4 Å². The van der Waals surface area contributed by atoms with Crippen molar-refractivity contribution >= 4 is 6.03 Å². The van der Waals surface area contributed by atoms with Crippen molar-refractivity contribution in [3.8, 4) is 0 Å². The molecule has 0 spiro atoms. The van der Waals surface area contributed by atoms with Crippen LogP contribution in [0.15, 0.2) is 0 Å². The number of amides is 2. The number of piperazine rings is 1. The summed E-state index contributed by atoms with van der Waals surface area (Å²) in [6, 6.07) is 0.528. The Kier molecular flexibility index (Phi) is 3.11. The van der Waals surface area contributed by atoms with E-state index < -0.39 is 0 Å². The highest BCUT2D eigenvalue weighted by Gasteiger charge is 2.38. The van der Waals surface area contributed by atoms with Crippen LogP contribution in [0.1, 0.15) is 6.92 Å². The van der Waals surface area contributed by atoms with Crippen molar-refractivity contribution in [2.45, 2.75) is 19.1 Å². The first-order chi connectivity index (χ1) is 7.22. The monoisotopic (exact) mass is 213 g/mol. The first-order valence-corrected chi connectivity index (χ1v) is 5.51. The number of methoxy groups -OCH3 is 1. The van der Waals surface area contributed by atoms with Gasteiger partial charge in [0.1, 0.15) is 0 Å². The van der Waals surface area contributed by atoms with Crippen molar-refractivity contribution < 1.29 is 9.53 Å². The lowest BCUT2D eigenvalue weighted by Gasteiger charge is -2.28. The van der Waals surface area contributed by atoms with E-state index in [4.69, 9.17) is 4.74 Å². The minimum absolute atomic E-state index is 0.114. The first-order valence-electron chi connectivity index (χ1n) is 5.51. The van der Waals surface area contributed by atoms with Crippen LogP contribution < -0.4 is 5.32 Å². The van der Waals surface area contributed by atoms with Gasteiger partial charge in [0.25, 0.3) is 0 Å². The highest BCUT2D eigenvalue weighted by Crippen LogP contribution is 2.17. The summed E-state index contributed by atoms with van der Waals surface area (Å²) in [4.78, 5) is 15.8. The first kappa shape index (κ1) is 10.7. The third-order valence-electron chi connectivity index (χ3n) is 3.18. The molecule has 2 atom stereocenters. The lowest BCUT2D eigenvalue weighted by molar-refractivity contribution is 0.0903. The van der Waals surface area contributed by atoms with Gasteiger partial charge in [0, 0.05) is 39.8 Å². The van der Waals surface area contributed by atoms with Gasteiger partial charge >= 0.3 is 6.03 Å². The Hall–Kier alpha value is -0.810. The summed E-state index contributed by atoms with van der Waals surface area (Å²) in [6.07, 6.45) is 0.114. The van der Waals surface area contributed by atoms with E-state index in [1.54, 1.807) is 7.11 Å². The molecule has 86 valence electrons. The Bertz CT molecular complexity index is 247. The Balaban J connectivity index is 1.95. The number of carbonyl (C=O) groups is 1. The minimum Gasteiger partial charge on any atom is -0.380 e.